The van der Waals surface area contributed by atoms with E-state index in [1.807, 2.05) is 0 Å². The van der Waals surface area contributed by atoms with Gasteiger partial charge in [-0.25, -0.2) is 0 Å². The van der Waals surface area contributed by atoms with E-state index in [2.05, 4.69) is 46.5 Å². The fraction of sp³-hybridized carbons (Fsp3) is 0.714. The quantitative estimate of drug-likeness (QED) is 0.640. The summed E-state index contributed by atoms with van der Waals surface area (Å²) in [5, 5.41) is 0. The zero-order valence-electron chi connectivity index (χ0n) is 10.9. The first-order chi connectivity index (χ1) is 7.53. The molecule has 0 bridgehead atoms. The van der Waals surface area contributed by atoms with E-state index < -0.39 is 8.07 Å². The van der Waals surface area contributed by atoms with Crippen LogP contribution in [-0.4, -0.2) is 8.07 Å². The molecule has 16 heavy (non-hydrogen) atoms. The maximum atomic E-state index is 2.57. The minimum absolute atomic E-state index is 0.786. The predicted molar refractivity (Wildman–Crippen MR) is 70.1 cm³/mol. The number of allylic oxidation sites excluding steroid dienone is 4. The van der Waals surface area contributed by atoms with Gasteiger partial charge in [-0.05, 0) is 0 Å². The van der Waals surface area contributed by atoms with Crippen LogP contribution in [0.15, 0.2) is 22.8 Å². The van der Waals surface area contributed by atoms with E-state index in [4.69, 9.17) is 0 Å². The Labute approximate surface area is 113 Å². The van der Waals surface area contributed by atoms with Crippen molar-refractivity contribution in [3.8, 4) is 0 Å². The van der Waals surface area contributed by atoms with E-state index >= 15 is 0 Å². The van der Waals surface area contributed by atoms with Crippen LogP contribution in [0.25, 0.3) is 0 Å². The first-order valence-electron chi connectivity index (χ1n) is 6.67. The molecular weight excluding hydrogens is 244 g/mol. The van der Waals surface area contributed by atoms with Gasteiger partial charge in [0.05, 0.1) is 0 Å². The van der Waals surface area contributed by atoms with Gasteiger partial charge in [0.25, 0.3) is 0 Å². The topological polar surface area (TPSA) is 0 Å². The Hall–Kier alpha value is 0.411. The molecule has 0 nitrogen and oxygen atoms in total. The molecule has 0 spiro atoms. The second-order valence-corrected chi connectivity index (χ2v) is 12.4. The predicted octanol–water partition coefficient (Wildman–Crippen LogP) is 4.86. The van der Waals surface area contributed by atoms with Crippen molar-refractivity contribution < 1.29 is 20.4 Å². The van der Waals surface area contributed by atoms with Crippen LogP contribution < -0.4 is 0 Å². The molecule has 1 unspecified atom stereocenters. The zero-order valence-corrected chi connectivity index (χ0v) is 13.5. The van der Waals surface area contributed by atoms with Crippen LogP contribution in [0.1, 0.15) is 32.6 Å². The summed E-state index contributed by atoms with van der Waals surface area (Å²) in [5.74, 6) is 0. The summed E-state index contributed by atoms with van der Waals surface area (Å²) >= 11 is 2.44. The Balaban J connectivity index is 2.10. The van der Waals surface area contributed by atoms with Crippen LogP contribution in [0, 0.1) is 0 Å². The van der Waals surface area contributed by atoms with Crippen LogP contribution >= 0.6 is 0 Å². The molecule has 87 valence electrons. The van der Waals surface area contributed by atoms with Crippen molar-refractivity contribution in [3.63, 3.8) is 0 Å². The normalized spacial score (nSPS) is 25.6. The average Bonchev–Trinajstić information content (AvgIpc) is 2.56. The second kappa shape index (κ2) is 4.96. The van der Waals surface area contributed by atoms with E-state index in [1.54, 1.807) is 16.7 Å². The van der Waals surface area contributed by atoms with E-state index in [0.717, 1.165) is 4.22 Å². The van der Waals surface area contributed by atoms with E-state index in [-0.39, 0.29) is 0 Å². The van der Waals surface area contributed by atoms with Gasteiger partial charge in [-0.2, -0.15) is 0 Å². The third-order valence-electron chi connectivity index (χ3n) is 4.27. The first kappa shape index (κ1) is 12.9. The van der Waals surface area contributed by atoms with Crippen molar-refractivity contribution in [2.45, 2.75) is 62.0 Å². The second-order valence-electron chi connectivity index (χ2n) is 6.10. The van der Waals surface area contributed by atoms with Gasteiger partial charge in [-0.15, -0.1) is 0 Å². The molecule has 0 aromatic carbocycles. The van der Waals surface area contributed by atoms with Crippen LogP contribution in [0.2, 0.25) is 29.4 Å². The van der Waals surface area contributed by atoms with Gasteiger partial charge in [-0.1, -0.05) is 0 Å². The van der Waals surface area contributed by atoms with E-state index in [9.17, 15) is 0 Å². The summed E-state index contributed by atoms with van der Waals surface area (Å²) < 4.78 is 0.786. The molecule has 1 atom stereocenters. The molecule has 0 aliphatic heterocycles. The fourth-order valence-corrected chi connectivity index (χ4v) is 5.59. The van der Waals surface area contributed by atoms with Crippen molar-refractivity contribution in [2.24, 2.45) is 0 Å². The first-order valence-corrected chi connectivity index (χ1v) is 11.0. The molecule has 0 aromatic heterocycles. The van der Waals surface area contributed by atoms with Crippen molar-refractivity contribution >= 4 is 8.07 Å². The maximum absolute atomic E-state index is 2.57. The Bertz CT molecular complexity index is 339. The van der Waals surface area contributed by atoms with Gasteiger partial charge < -0.3 is 0 Å². The van der Waals surface area contributed by atoms with Gasteiger partial charge in [0.2, 0.25) is 0 Å². The van der Waals surface area contributed by atoms with Gasteiger partial charge in [0.15, 0.2) is 0 Å². The molecule has 0 saturated carbocycles. The van der Waals surface area contributed by atoms with E-state index in [0.29, 0.717) is 0 Å². The van der Waals surface area contributed by atoms with Crippen LogP contribution in [-0.2, 0) is 20.4 Å². The Morgan fingerprint density at radius 1 is 1.31 bits per heavy atom. The molecule has 0 aromatic rings. The third-order valence-corrected chi connectivity index (χ3v) is 8.68. The Morgan fingerprint density at radius 2 is 2.00 bits per heavy atom. The monoisotopic (exact) mass is 267 g/mol. The van der Waals surface area contributed by atoms with Gasteiger partial charge in [0.1, 0.15) is 0 Å². The van der Waals surface area contributed by atoms with Crippen molar-refractivity contribution in [3.05, 3.63) is 22.8 Å². The molecular formula is C14H23SiTi. The van der Waals surface area contributed by atoms with Crippen LogP contribution in [0.4, 0.5) is 0 Å². The summed E-state index contributed by atoms with van der Waals surface area (Å²) in [7, 11) is -0.943. The zero-order chi connectivity index (χ0) is 11.8. The SMILES string of the molecule is CC[Si](C)(C)CC1=CC2=C(CCCC2)[CH]1[Ti]. The van der Waals surface area contributed by atoms with Crippen LogP contribution in [0.5, 0.6) is 0 Å². The van der Waals surface area contributed by atoms with E-state index in [1.165, 1.54) is 37.8 Å². The molecule has 2 rings (SSSR count). The summed E-state index contributed by atoms with van der Waals surface area (Å²) in [4.78, 5) is 0. The van der Waals surface area contributed by atoms with Gasteiger partial charge in [0, 0.05) is 0 Å². The third kappa shape index (κ3) is 2.63. The Kier molecular flexibility index (Phi) is 3.98. The molecule has 0 radical (unpaired) electrons. The molecule has 2 aliphatic rings. The summed E-state index contributed by atoms with van der Waals surface area (Å²) in [6.07, 6.45) is 8.16. The molecule has 0 amide bonds. The molecule has 0 fully saturated rings. The number of rotatable bonds is 3. The Morgan fingerprint density at radius 3 is 2.62 bits per heavy atom. The molecule has 2 heteroatoms. The van der Waals surface area contributed by atoms with Crippen molar-refractivity contribution in [2.75, 3.05) is 0 Å². The fourth-order valence-electron chi connectivity index (χ4n) is 2.81. The minimum atomic E-state index is -0.943. The number of hydrogen-bond acceptors (Lipinski definition) is 0. The average molecular weight is 267 g/mol. The molecule has 0 N–H and O–H groups in total. The number of hydrogen-bond donors (Lipinski definition) is 0. The standard InChI is InChI=1S/C14H23Si.Ti/c1-4-15(2,3)11-12-9-13-7-5-6-8-14(13)10-12;/h9-10H,4-8,11H2,1-3H3;. The van der Waals surface area contributed by atoms with Crippen molar-refractivity contribution in [1.29, 1.82) is 0 Å². The molecule has 0 heterocycles. The molecule has 0 saturated heterocycles. The summed E-state index contributed by atoms with van der Waals surface area (Å²) in [6, 6.07) is 2.85. The van der Waals surface area contributed by atoms with Gasteiger partial charge >= 0.3 is 113 Å². The summed E-state index contributed by atoms with van der Waals surface area (Å²) in [5.41, 5.74) is 5.28. The van der Waals surface area contributed by atoms with Crippen LogP contribution in [0.3, 0.4) is 0 Å². The molecule has 2 aliphatic carbocycles. The summed E-state index contributed by atoms with van der Waals surface area (Å²) in [6.45, 7) is 7.45. The van der Waals surface area contributed by atoms with Gasteiger partial charge in [-0.3, -0.25) is 0 Å². The van der Waals surface area contributed by atoms with Crippen molar-refractivity contribution in [1.82, 2.24) is 0 Å².